The zero-order chi connectivity index (χ0) is 27.4. The van der Waals surface area contributed by atoms with Crippen molar-refractivity contribution in [2.24, 2.45) is 40.2 Å². The summed E-state index contributed by atoms with van der Waals surface area (Å²) in [5.74, 6) is 0.495. The number of rotatable bonds is 4. The molecule has 214 valence electrons. The number of benzene rings is 1. The highest BCUT2D eigenvalue weighted by atomic mass is 16.6. The number of carboxylic acid groups (broad SMARTS) is 1. The smallest absolute Gasteiger partial charge is 0.410 e. The van der Waals surface area contributed by atoms with Crippen LogP contribution in [0.25, 0.3) is 0 Å². The molecule has 39 heavy (non-hydrogen) atoms. The lowest BCUT2D eigenvalue weighted by molar-refractivity contribution is -0.157. The van der Waals surface area contributed by atoms with Gasteiger partial charge in [-0.25, -0.2) is 4.79 Å². The van der Waals surface area contributed by atoms with Crippen LogP contribution in [0.4, 0.5) is 4.79 Å². The Morgan fingerprint density at radius 2 is 1.69 bits per heavy atom. The molecule has 3 N–H and O–H groups in total. The fraction of sp³-hybridized carbons (Fsp3) is 0.750. The van der Waals surface area contributed by atoms with Crippen LogP contribution >= 0.6 is 0 Å². The lowest BCUT2D eigenvalue weighted by Gasteiger charge is -2.64. The van der Waals surface area contributed by atoms with E-state index in [0.29, 0.717) is 24.2 Å². The third-order valence-corrected chi connectivity index (χ3v) is 12.4. The third-order valence-electron chi connectivity index (χ3n) is 12.4. The van der Waals surface area contributed by atoms with Gasteiger partial charge < -0.3 is 20.5 Å². The maximum atomic E-state index is 13.1. The number of aliphatic carboxylic acids is 1. The van der Waals surface area contributed by atoms with E-state index in [4.69, 9.17) is 10.5 Å². The molecule has 5 aliphatic rings. The molecule has 1 aliphatic heterocycles. The molecule has 0 aromatic heterocycles. The van der Waals surface area contributed by atoms with Gasteiger partial charge in [-0.05, 0) is 91.9 Å². The molecule has 1 amide bonds. The Labute approximate surface area is 233 Å². The molecule has 7 nitrogen and oxygen atoms in total. The standard InChI is InChI=1S/C32H47N3O4/c1-30-13-10-24(39-29(38)35-18-16-34(17-19-35)21-22-6-4-3-5-7-22)20-23(30)8-9-26-25(30)11-14-31(2)27(28(36)37)12-15-32(26,31)33/h3-7,23-27H,8-21,33H2,1-2H3,(H,36,37)/t23?,24?,25-,26-,27?,30+,31-,32-/m1/s1. The molecule has 0 bridgehead atoms. The van der Waals surface area contributed by atoms with Crippen molar-refractivity contribution in [1.82, 2.24) is 9.80 Å². The minimum absolute atomic E-state index is 0.00182. The first-order chi connectivity index (χ1) is 18.6. The summed E-state index contributed by atoms with van der Waals surface area (Å²) in [7, 11) is 0. The molecular formula is C32H47N3O4. The highest BCUT2D eigenvalue weighted by Gasteiger charge is 2.67. The molecule has 5 fully saturated rings. The molecular weight excluding hydrogens is 490 g/mol. The molecule has 4 aliphatic carbocycles. The van der Waals surface area contributed by atoms with Crippen LogP contribution in [-0.4, -0.2) is 64.8 Å². The summed E-state index contributed by atoms with van der Waals surface area (Å²) in [6, 6.07) is 10.5. The monoisotopic (exact) mass is 537 g/mol. The molecule has 7 heteroatoms. The van der Waals surface area contributed by atoms with Crippen molar-refractivity contribution in [1.29, 1.82) is 0 Å². The minimum Gasteiger partial charge on any atom is -0.481 e. The predicted octanol–water partition coefficient (Wildman–Crippen LogP) is 5.13. The van der Waals surface area contributed by atoms with Gasteiger partial charge in [0.2, 0.25) is 0 Å². The summed E-state index contributed by atoms with van der Waals surface area (Å²) in [6.45, 7) is 8.75. The van der Waals surface area contributed by atoms with Gasteiger partial charge in [-0.2, -0.15) is 0 Å². The molecule has 1 saturated heterocycles. The highest BCUT2D eigenvalue weighted by Crippen LogP contribution is 2.68. The normalized spacial score (nSPS) is 42.2. The van der Waals surface area contributed by atoms with E-state index >= 15 is 0 Å². The number of amides is 1. The van der Waals surface area contributed by atoms with Crippen LogP contribution in [0.2, 0.25) is 0 Å². The molecule has 0 spiro atoms. The summed E-state index contributed by atoms with van der Waals surface area (Å²) in [5, 5.41) is 9.93. The van der Waals surface area contributed by atoms with Crippen molar-refractivity contribution < 1.29 is 19.4 Å². The van der Waals surface area contributed by atoms with Gasteiger partial charge in [-0.15, -0.1) is 0 Å². The van der Waals surface area contributed by atoms with E-state index in [9.17, 15) is 14.7 Å². The van der Waals surface area contributed by atoms with E-state index in [1.54, 1.807) is 0 Å². The number of carbonyl (C=O) groups is 2. The van der Waals surface area contributed by atoms with E-state index in [1.165, 1.54) is 5.56 Å². The second-order valence-electron chi connectivity index (χ2n) is 13.9. The van der Waals surface area contributed by atoms with E-state index < -0.39 is 5.97 Å². The van der Waals surface area contributed by atoms with Gasteiger partial charge in [0.1, 0.15) is 6.10 Å². The number of nitrogens with two attached hydrogens (primary N) is 1. The van der Waals surface area contributed by atoms with Crippen molar-refractivity contribution >= 4 is 12.1 Å². The number of piperazine rings is 1. The highest BCUT2D eigenvalue weighted by molar-refractivity contribution is 5.72. The van der Waals surface area contributed by atoms with Crippen molar-refractivity contribution in [3.8, 4) is 0 Å². The Hall–Kier alpha value is -2.12. The average Bonchev–Trinajstić information content (AvgIpc) is 3.21. The van der Waals surface area contributed by atoms with Gasteiger partial charge in [-0.1, -0.05) is 44.2 Å². The zero-order valence-corrected chi connectivity index (χ0v) is 23.8. The second kappa shape index (κ2) is 10.1. The Bertz CT molecular complexity index is 1070. The molecule has 4 saturated carbocycles. The number of fused-ring (bicyclic) bond motifs is 5. The number of ether oxygens (including phenoxy) is 1. The summed E-state index contributed by atoms with van der Waals surface area (Å²) in [6.07, 6.45) is 8.52. The molecule has 1 aromatic rings. The van der Waals surface area contributed by atoms with Gasteiger partial charge in [0.25, 0.3) is 0 Å². The SMILES string of the molecule is C[C@]12CCC(OC(=O)N3CCN(Cc4ccccc4)CC3)CC1CC[C@@H]1[C@H]2CC[C@]2(C)C(C(=O)O)CC[C@@]12N. The van der Waals surface area contributed by atoms with Crippen LogP contribution in [0, 0.1) is 34.5 Å². The van der Waals surface area contributed by atoms with Crippen molar-refractivity contribution in [3.05, 3.63) is 35.9 Å². The first-order valence-electron chi connectivity index (χ1n) is 15.4. The lowest BCUT2D eigenvalue weighted by Crippen LogP contribution is -2.66. The van der Waals surface area contributed by atoms with Crippen molar-refractivity contribution in [3.63, 3.8) is 0 Å². The van der Waals surface area contributed by atoms with E-state index in [1.807, 2.05) is 11.0 Å². The van der Waals surface area contributed by atoms with Gasteiger partial charge in [0, 0.05) is 38.3 Å². The number of carbonyl (C=O) groups excluding carboxylic acids is 1. The van der Waals surface area contributed by atoms with Crippen LogP contribution in [0.5, 0.6) is 0 Å². The van der Waals surface area contributed by atoms with Gasteiger partial charge >= 0.3 is 12.1 Å². The quantitative estimate of drug-likeness (QED) is 0.553. The first-order valence-corrected chi connectivity index (χ1v) is 15.4. The Balaban J connectivity index is 1.04. The topological polar surface area (TPSA) is 96.1 Å². The minimum atomic E-state index is -0.664. The molecule has 0 radical (unpaired) electrons. The van der Waals surface area contributed by atoms with Crippen LogP contribution in [0.1, 0.15) is 77.2 Å². The average molecular weight is 538 g/mol. The molecule has 1 aromatic carbocycles. The summed E-state index contributed by atoms with van der Waals surface area (Å²) in [5.41, 5.74) is 8.08. The Kier molecular flexibility index (Phi) is 6.98. The third kappa shape index (κ3) is 4.48. The number of nitrogens with zero attached hydrogens (tertiary/aromatic N) is 2. The summed E-state index contributed by atoms with van der Waals surface area (Å²) >= 11 is 0. The van der Waals surface area contributed by atoms with Gasteiger partial charge in [-0.3, -0.25) is 9.69 Å². The molecule has 6 rings (SSSR count). The summed E-state index contributed by atoms with van der Waals surface area (Å²) < 4.78 is 6.14. The number of hydrogen-bond donors (Lipinski definition) is 2. The molecule has 1 heterocycles. The van der Waals surface area contributed by atoms with Crippen molar-refractivity contribution in [2.45, 2.75) is 89.8 Å². The fourth-order valence-electron chi connectivity index (χ4n) is 9.94. The van der Waals surface area contributed by atoms with Crippen LogP contribution in [0.3, 0.4) is 0 Å². The van der Waals surface area contributed by atoms with Gasteiger partial charge in [0.15, 0.2) is 0 Å². The Morgan fingerprint density at radius 1 is 0.949 bits per heavy atom. The largest absolute Gasteiger partial charge is 0.481 e. The van der Waals surface area contributed by atoms with Crippen molar-refractivity contribution in [2.75, 3.05) is 26.2 Å². The number of carboxylic acids is 1. The van der Waals surface area contributed by atoms with E-state index in [2.05, 4.69) is 43.0 Å². The first kappa shape index (κ1) is 27.1. The molecule has 8 atom stereocenters. The van der Waals surface area contributed by atoms with Crippen LogP contribution in [0.15, 0.2) is 30.3 Å². The van der Waals surface area contributed by atoms with Gasteiger partial charge in [0.05, 0.1) is 5.92 Å². The zero-order valence-electron chi connectivity index (χ0n) is 23.8. The maximum Gasteiger partial charge on any atom is 0.410 e. The number of hydrogen-bond acceptors (Lipinski definition) is 5. The summed E-state index contributed by atoms with van der Waals surface area (Å²) in [4.78, 5) is 29.5. The van der Waals surface area contributed by atoms with E-state index in [0.717, 1.165) is 84.1 Å². The second-order valence-corrected chi connectivity index (χ2v) is 13.9. The Morgan fingerprint density at radius 3 is 2.41 bits per heavy atom. The van der Waals surface area contributed by atoms with Crippen LogP contribution < -0.4 is 5.73 Å². The van der Waals surface area contributed by atoms with Crippen LogP contribution in [-0.2, 0) is 16.1 Å². The maximum absolute atomic E-state index is 13.1. The van der Waals surface area contributed by atoms with E-state index in [-0.39, 0.29) is 34.5 Å². The lowest BCUT2D eigenvalue weighted by atomic mass is 9.42. The molecule has 3 unspecified atom stereocenters. The predicted molar refractivity (Wildman–Crippen MR) is 150 cm³/mol. The fourth-order valence-corrected chi connectivity index (χ4v) is 9.94.